The lowest BCUT2D eigenvalue weighted by Crippen LogP contribution is -2.49. The van der Waals surface area contributed by atoms with Crippen molar-refractivity contribution in [3.63, 3.8) is 0 Å². The molecule has 0 saturated carbocycles. The average Bonchev–Trinajstić information content (AvgIpc) is 3.44. The van der Waals surface area contributed by atoms with E-state index in [1.807, 2.05) is 6.07 Å². The first kappa shape index (κ1) is 21.1. The molecule has 2 atom stereocenters. The van der Waals surface area contributed by atoms with Crippen molar-refractivity contribution in [2.45, 2.75) is 25.0 Å². The van der Waals surface area contributed by atoms with E-state index in [1.54, 1.807) is 29.2 Å². The third-order valence-electron chi connectivity index (χ3n) is 5.16. The molecule has 2 saturated heterocycles. The Kier molecular flexibility index (Phi) is 6.60. The van der Waals surface area contributed by atoms with Gasteiger partial charge in [-0.2, -0.15) is 0 Å². The molecule has 1 aromatic heterocycles. The van der Waals surface area contributed by atoms with Crippen molar-refractivity contribution in [3.8, 4) is 11.3 Å². The number of carbonyl (C=O) groups is 2. The second kappa shape index (κ2) is 9.36. The number of rotatable bonds is 5. The zero-order valence-electron chi connectivity index (χ0n) is 16.1. The summed E-state index contributed by atoms with van der Waals surface area (Å²) >= 11 is 12.3. The van der Waals surface area contributed by atoms with Gasteiger partial charge in [-0.15, -0.1) is 0 Å². The van der Waals surface area contributed by atoms with Gasteiger partial charge in [0.2, 0.25) is 11.8 Å². The highest BCUT2D eigenvalue weighted by Gasteiger charge is 2.35. The average molecular weight is 453 g/mol. The zero-order chi connectivity index (χ0) is 21.1. The fourth-order valence-corrected chi connectivity index (χ4v) is 3.90. The molecule has 2 aromatic rings. The normalized spacial score (nSPS) is 21.6. The minimum Gasteiger partial charge on any atom is -0.459 e. The van der Waals surface area contributed by atoms with Gasteiger partial charge in [-0.05, 0) is 30.7 Å². The minimum atomic E-state index is -0.503. The van der Waals surface area contributed by atoms with Crippen LogP contribution in [0, 0.1) is 0 Å². The van der Waals surface area contributed by atoms with Crippen molar-refractivity contribution >= 4 is 35.0 Å². The molecule has 30 heavy (non-hydrogen) atoms. The van der Waals surface area contributed by atoms with Crippen molar-refractivity contribution in [1.82, 2.24) is 21.1 Å². The third kappa shape index (κ3) is 4.63. The Labute approximate surface area is 183 Å². The van der Waals surface area contributed by atoms with Crippen LogP contribution in [0.25, 0.3) is 11.3 Å². The van der Waals surface area contributed by atoms with Gasteiger partial charge in [0.25, 0.3) is 0 Å². The predicted molar refractivity (Wildman–Crippen MR) is 112 cm³/mol. The molecule has 2 amide bonds. The smallest absolute Gasteiger partial charge is 0.241 e. The highest BCUT2D eigenvalue weighted by atomic mass is 35.5. The fourth-order valence-electron chi connectivity index (χ4n) is 3.50. The lowest BCUT2D eigenvalue weighted by atomic mass is 10.1. The maximum atomic E-state index is 12.5. The van der Waals surface area contributed by atoms with E-state index in [1.165, 1.54) is 0 Å². The Morgan fingerprint density at radius 3 is 2.67 bits per heavy atom. The van der Waals surface area contributed by atoms with Crippen molar-refractivity contribution < 1.29 is 18.7 Å². The van der Waals surface area contributed by atoms with E-state index in [2.05, 4.69) is 16.2 Å². The quantitative estimate of drug-likeness (QED) is 0.641. The summed E-state index contributed by atoms with van der Waals surface area (Å²) in [5, 5.41) is 3.70. The van der Waals surface area contributed by atoms with Crippen LogP contribution in [0.15, 0.2) is 34.7 Å². The molecule has 160 valence electrons. The zero-order valence-corrected chi connectivity index (χ0v) is 17.6. The molecule has 4 rings (SSSR count). The van der Waals surface area contributed by atoms with Gasteiger partial charge in [0, 0.05) is 18.7 Å². The molecule has 3 heterocycles. The lowest BCUT2D eigenvalue weighted by Gasteiger charge is -2.28. The third-order valence-corrected chi connectivity index (χ3v) is 5.98. The van der Waals surface area contributed by atoms with Crippen molar-refractivity contribution in [2.75, 3.05) is 26.3 Å². The molecular formula is C20H22Cl2N4O4. The molecule has 8 nitrogen and oxygen atoms in total. The predicted octanol–water partition coefficient (Wildman–Crippen LogP) is 1.96. The molecule has 0 bridgehead atoms. The topological polar surface area (TPSA) is 95.8 Å². The van der Waals surface area contributed by atoms with Crippen molar-refractivity contribution in [3.05, 3.63) is 46.1 Å². The van der Waals surface area contributed by atoms with E-state index < -0.39 is 12.1 Å². The maximum Gasteiger partial charge on any atom is 0.241 e. The second-order valence-electron chi connectivity index (χ2n) is 7.15. The lowest BCUT2D eigenvalue weighted by molar-refractivity contribution is -0.137. The van der Waals surface area contributed by atoms with Crippen LogP contribution in [0.3, 0.4) is 0 Å². The molecule has 2 aliphatic rings. The van der Waals surface area contributed by atoms with E-state index >= 15 is 0 Å². The summed E-state index contributed by atoms with van der Waals surface area (Å²) in [4.78, 5) is 26.8. The van der Waals surface area contributed by atoms with E-state index in [0.717, 1.165) is 0 Å². The monoisotopic (exact) mass is 452 g/mol. The summed E-state index contributed by atoms with van der Waals surface area (Å²) in [6.45, 7) is 2.46. The SMILES string of the molecule is O=C(NCc1ccc(-c2cccc(Cl)c2Cl)o1)C1CC(C(=O)N2CCOCC2)NN1. The maximum absolute atomic E-state index is 12.5. The molecule has 3 N–H and O–H groups in total. The molecule has 10 heteroatoms. The molecule has 2 fully saturated rings. The van der Waals surface area contributed by atoms with Crippen LogP contribution >= 0.6 is 23.2 Å². The number of hydrogen-bond acceptors (Lipinski definition) is 6. The number of nitrogens with one attached hydrogen (secondary N) is 3. The summed E-state index contributed by atoms with van der Waals surface area (Å²) in [7, 11) is 0. The highest BCUT2D eigenvalue weighted by Crippen LogP contribution is 2.34. The Hall–Kier alpha value is -2.10. The van der Waals surface area contributed by atoms with Crippen LogP contribution in [0.5, 0.6) is 0 Å². The largest absolute Gasteiger partial charge is 0.459 e. The van der Waals surface area contributed by atoms with Crippen molar-refractivity contribution in [1.29, 1.82) is 0 Å². The Morgan fingerprint density at radius 1 is 1.10 bits per heavy atom. The van der Waals surface area contributed by atoms with Gasteiger partial charge in [-0.25, -0.2) is 10.9 Å². The number of amides is 2. The molecule has 0 radical (unpaired) electrons. The summed E-state index contributed by atoms with van der Waals surface area (Å²) in [5.74, 6) is 0.929. The van der Waals surface area contributed by atoms with Crippen LogP contribution in [0.1, 0.15) is 12.2 Å². The Balaban J connectivity index is 1.30. The number of furan rings is 1. The van der Waals surface area contributed by atoms with Gasteiger partial charge in [0.1, 0.15) is 23.6 Å². The summed E-state index contributed by atoms with van der Waals surface area (Å²) in [6.07, 6.45) is 0.379. The first-order chi connectivity index (χ1) is 14.5. The highest BCUT2D eigenvalue weighted by molar-refractivity contribution is 6.43. The van der Waals surface area contributed by atoms with Gasteiger partial charge < -0.3 is 19.4 Å². The summed E-state index contributed by atoms with van der Waals surface area (Å²) in [5.41, 5.74) is 6.52. The van der Waals surface area contributed by atoms with Gasteiger partial charge >= 0.3 is 0 Å². The number of hydrogen-bond donors (Lipinski definition) is 3. The van der Waals surface area contributed by atoms with E-state index in [4.69, 9.17) is 32.4 Å². The van der Waals surface area contributed by atoms with Gasteiger partial charge in [0.05, 0.1) is 29.8 Å². The number of benzene rings is 1. The Bertz CT molecular complexity index is 929. The standard InChI is InChI=1S/C20H22Cl2N4O4/c21-14-3-1-2-13(18(14)22)17-5-4-12(30-17)11-23-19(27)15-10-16(25-24-15)20(28)26-6-8-29-9-7-26/h1-5,15-16,24-25H,6-11H2,(H,23,27). The van der Waals surface area contributed by atoms with Gasteiger partial charge in [-0.1, -0.05) is 29.3 Å². The number of morpholine rings is 1. The molecule has 1 aromatic carbocycles. The summed E-state index contributed by atoms with van der Waals surface area (Å²) < 4.78 is 11.1. The molecule has 0 aliphatic carbocycles. The minimum absolute atomic E-state index is 0.0184. The first-order valence-electron chi connectivity index (χ1n) is 9.71. The molecular weight excluding hydrogens is 431 g/mol. The van der Waals surface area contributed by atoms with E-state index in [0.29, 0.717) is 59.9 Å². The first-order valence-corrected chi connectivity index (χ1v) is 10.5. The number of hydrazine groups is 1. The molecule has 0 spiro atoms. The van der Waals surface area contributed by atoms with Crippen molar-refractivity contribution in [2.24, 2.45) is 0 Å². The van der Waals surface area contributed by atoms with E-state index in [-0.39, 0.29) is 18.4 Å². The van der Waals surface area contributed by atoms with Crippen LogP contribution in [0.2, 0.25) is 10.0 Å². The van der Waals surface area contributed by atoms with Crippen LogP contribution in [-0.2, 0) is 20.9 Å². The number of halogens is 2. The van der Waals surface area contributed by atoms with E-state index in [9.17, 15) is 9.59 Å². The summed E-state index contributed by atoms with van der Waals surface area (Å²) in [6, 6.07) is 7.94. The molecule has 2 aliphatic heterocycles. The molecule has 2 unspecified atom stereocenters. The fraction of sp³-hybridized carbons (Fsp3) is 0.400. The number of nitrogens with zero attached hydrogens (tertiary/aromatic N) is 1. The Morgan fingerprint density at radius 2 is 1.87 bits per heavy atom. The van der Waals surface area contributed by atoms with Gasteiger partial charge in [0.15, 0.2) is 0 Å². The van der Waals surface area contributed by atoms with Crippen LogP contribution in [-0.4, -0.2) is 55.1 Å². The van der Waals surface area contributed by atoms with Gasteiger partial charge in [-0.3, -0.25) is 9.59 Å². The van der Waals surface area contributed by atoms with Crippen LogP contribution in [0.4, 0.5) is 0 Å². The van der Waals surface area contributed by atoms with Crippen LogP contribution < -0.4 is 16.2 Å². The second-order valence-corrected chi connectivity index (χ2v) is 7.94. The number of carbonyl (C=O) groups excluding carboxylic acids is 2. The number of ether oxygens (including phenoxy) is 1.